The molecule has 3 heterocycles. The van der Waals surface area contributed by atoms with E-state index in [-0.39, 0.29) is 19.6 Å². The first-order valence-corrected chi connectivity index (χ1v) is 11.0. The predicted molar refractivity (Wildman–Crippen MR) is 123 cm³/mol. The molecule has 0 saturated carbocycles. The number of barbiturate groups is 1. The van der Waals surface area contributed by atoms with Crippen molar-refractivity contribution in [3.05, 3.63) is 83.7 Å². The van der Waals surface area contributed by atoms with Crippen LogP contribution in [0.4, 0.5) is 10.5 Å². The van der Waals surface area contributed by atoms with Gasteiger partial charge in [-0.3, -0.25) is 19.9 Å². The molecule has 0 bridgehead atoms. The number of carbonyl (C=O) groups excluding carboxylic acids is 3. The van der Waals surface area contributed by atoms with Crippen molar-refractivity contribution < 1.29 is 23.9 Å². The van der Waals surface area contributed by atoms with E-state index in [9.17, 15) is 14.4 Å². The van der Waals surface area contributed by atoms with E-state index >= 15 is 0 Å². The number of urea groups is 1. The molecule has 4 amide bonds. The van der Waals surface area contributed by atoms with Crippen LogP contribution < -0.4 is 19.7 Å². The molecule has 0 aliphatic carbocycles. The smallest absolute Gasteiger partial charge is 0.335 e. The first kappa shape index (κ1) is 21.6. The number of ether oxygens (including phenoxy) is 2. The van der Waals surface area contributed by atoms with E-state index in [0.717, 1.165) is 21.6 Å². The minimum Gasteiger partial charge on any atom is -0.454 e. The van der Waals surface area contributed by atoms with Gasteiger partial charge in [-0.2, -0.15) is 0 Å². The second-order valence-electron chi connectivity index (χ2n) is 8.49. The standard InChI is InChI=1S/C26H23N3O5/c1-17-4-2-3-5-20(17)29-24(31)26(23(30)28-25(29)32,11-8-18-9-12-27-13-10-18)15-19-6-7-21-22(14-19)34-16-33-21/h2-7,9-10,12-14H,8,11,15-16H2,1H3,(H,28,30,32)/t26-/m1/s1. The molecule has 2 aliphatic heterocycles. The fraction of sp³-hybridized carbons (Fsp3) is 0.231. The van der Waals surface area contributed by atoms with E-state index in [1.165, 1.54) is 0 Å². The minimum absolute atomic E-state index is 0.106. The Balaban J connectivity index is 1.56. The van der Waals surface area contributed by atoms with Crippen LogP contribution in [0, 0.1) is 12.3 Å². The molecule has 3 aromatic rings. The number of nitrogens with one attached hydrogen (secondary N) is 1. The first-order valence-electron chi connectivity index (χ1n) is 11.0. The highest BCUT2D eigenvalue weighted by atomic mass is 16.7. The summed E-state index contributed by atoms with van der Waals surface area (Å²) in [4.78, 5) is 45.5. The summed E-state index contributed by atoms with van der Waals surface area (Å²) in [5, 5.41) is 2.44. The van der Waals surface area contributed by atoms with Gasteiger partial charge < -0.3 is 9.47 Å². The Labute approximate surface area is 196 Å². The Kier molecular flexibility index (Phi) is 5.49. The summed E-state index contributed by atoms with van der Waals surface area (Å²) < 4.78 is 10.9. The molecule has 1 N–H and O–H groups in total. The van der Waals surface area contributed by atoms with Crippen LogP contribution in [0.1, 0.15) is 23.1 Å². The van der Waals surface area contributed by atoms with Crippen LogP contribution in [-0.4, -0.2) is 29.6 Å². The molecular formula is C26H23N3O5. The van der Waals surface area contributed by atoms with Gasteiger partial charge in [0.25, 0.3) is 5.91 Å². The monoisotopic (exact) mass is 457 g/mol. The topological polar surface area (TPSA) is 97.8 Å². The van der Waals surface area contributed by atoms with Crippen molar-refractivity contribution in [3.8, 4) is 11.5 Å². The molecule has 0 radical (unpaired) electrons. The van der Waals surface area contributed by atoms with E-state index in [2.05, 4.69) is 10.3 Å². The summed E-state index contributed by atoms with van der Waals surface area (Å²) in [5.74, 6) is 0.0457. The molecule has 1 fully saturated rings. The molecule has 0 spiro atoms. The number of aromatic nitrogens is 1. The van der Waals surface area contributed by atoms with E-state index in [1.807, 2.05) is 37.3 Å². The molecule has 2 aliphatic rings. The fourth-order valence-electron chi connectivity index (χ4n) is 4.48. The second-order valence-corrected chi connectivity index (χ2v) is 8.49. The van der Waals surface area contributed by atoms with Crippen LogP contribution in [0.15, 0.2) is 67.0 Å². The van der Waals surface area contributed by atoms with Gasteiger partial charge in [0.1, 0.15) is 5.41 Å². The van der Waals surface area contributed by atoms with Crippen molar-refractivity contribution in [2.75, 3.05) is 11.7 Å². The number of nitrogens with zero attached hydrogens (tertiary/aromatic N) is 2. The van der Waals surface area contributed by atoms with Crippen LogP contribution in [0.3, 0.4) is 0 Å². The normalized spacial score (nSPS) is 19.3. The average molecular weight is 457 g/mol. The third kappa shape index (κ3) is 3.77. The largest absolute Gasteiger partial charge is 0.454 e. The summed E-state index contributed by atoms with van der Waals surface area (Å²) in [5.41, 5.74) is 1.40. The molecule has 1 saturated heterocycles. The van der Waals surface area contributed by atoms with Crippen molar-refractivity contribution >= 4 is 23.5 Å². The van der Waals surface area contributed by atoms with Gasteiger partial charge in [0.15, 0.2) is 11.5 Å². The van der Waals surface area contributed by atoms with E-state index < -0.39 is 23.3 Å². The third-order valence-corrected chi connectivity index (χ3v) is 6.36. The lowest BCUT2D eigenvalue weighted by Gasteiger charge is -2.40. The Hall–Kier alpha value is -4.20. The van der Waals surface area contributed by atoms with Crippen molar-refractivity contribution in [1.29, 1.82) is 0 Å². The molecule has 34 heavy (non-hydrogen) atoms. The summed E-state index contributed by atoms with van der Waals surface area (Å²) in [6, 6.07) is 15.4. The van der Waals surface area contributed by atoms with Crippen LogP contribution in [0.5, 0.6) is 11.5 Å². The number of imide groups is 2. The highest BCUT2D eigenvalue weighted by Crippen LogP contribution is 2.40. The number of hydrogen-bond donors (Lipinski definition) is 1. The molecule has 1 aromatic heterocycles. The first-order chi connectivity index (χ1) is 16.5. The lowest BCUT2D eigenvalue weighted by atomic mass is 9.73. The van der Waals surface area contributed by atoms with Gasteiger partial charge in [0.05, 0.1) is 5.69 Å². The van der Waals surface area contributed by atoms with Crippen molar-refractivity contribution in [2.24, 2.45) is 5.41 Å². The number of fused-ring (bicyclic) bond motifs is 1. The number of rotatable bonds is 6. The number of para-hydroxylation sites is 1. The maximum absolute atomic E-state index is 14.1. The average Bonchev–Trinajstić information content (AvgIpc) is 3.31. The van der Waals surface area contributed by atoms with Crippen LogP contribution in [0.2, 0.25) is 0 Å². The number of pyridine rings is 1. The predicted octanol–water partition coefficient (Wildman–Crippen LogP) is 3.56. The number of benzene rings is 2. The zero-order valence-electron chi connectivity index (χ0n) is 18.6. The number of hydrogen-bond acceptors (Lipinski definition) is 6. The van der Waals surface area contributed by atoms with Crippen molar-refractivity contribution in [1.82, 2.24) is 10.3 Å². The molecule has 8 nitrogen and oxygen atoms in total. The zero-order chi connectivity index (χ0) is 23.7. The maximum atomic E-state index is 14.1. The number of carbonyl (C=O) groups is 3. The minimum atomic E-state index is -1.49. The summed E-state index contributed by atoms with van der Waals surface area (Å²) in [6.07, 6.45) is 4.13. The molecule has 172 valence electrons. The lowest BCUT2D eigenvalue weighted by Crippen LogP contribution is -2.65. The number of amides is 4. The highest BCUT2D eigenvalue weighted by molar-refractivity contribution is 6.30. The summed E-state index contributed by atoms with van der Waals surface area (Å²) in [7, 11) is 0. The molecule has 1 atom stereocenters. The van der Waals surface area contributed by atoms with Crippen molar-refractivity contribution in [2.45, 2.75) is 26.2 Å². The maximum Gasteiger partial charge on any atom is 0.335 e. The molecule has 5 rings (SSSR count). The fourth-order valence-corrected chi connectivity index (χ4v) is 4.48. The number of anilines is 1. The molecule has 0 unspecified atom stereocenters. The molecular weight excluding hydrogens is 434 g/mol. The van der Waals surface area contributed by atoms with Gasteiger partial charge in [-0.25, -0.2) is 9.69 Å². The van der Waals surface area contributed by atoms with Gasteiger partial charge in [-0.15, -0.1) is 0 Å². The Morgan fingerprint density at radius 3 is 2.53 bits per heavy atom. The highest BCUT2D eigenvalue weighted by Gasteiger charge is 2.54. The van der Waals surface area contributed by atoms with E-state index in [4.69, 9.17) is 9.47 Å². The van der Waals surface area contributed by atoms with Gasteiger partial charge in [-0.1, -0.05) is 24.3 Å². The van der Waals surface area contributed by atoms with Gasteiger partial charge >= 0.3 is 6.03 Å². The van der Waals surface area contributed by atoms with Crippen molar-refractivity contribution in [3.63, 3.8) is 0 Å². The Bertz CT molecular complexity index is 1280. The van der Waals surface area contributed by atoms with E-state index in [1.54, 1.807) is 36.7 Å². The third-order valence-electron chi connectivity index (χ3n) is 6.36. The van der Waals surface area contributed by atoms with Gasteiger partial charge in [0.2, 0.25) is 12.7 Å². The molecule has 8 heteroatoms. The number of aryl methyl sites for hydroxylation is 2. The molecule has 2 aromatic carbocycles. The quantitative estimate of drug-likeness (QED) is 0.569. The van der Waals surface area contributed by atoms with Gasteiger partial charge in [0, 0.05) is 12.4 Å². The van der Waals surface area contributed by atoms with Gasteiger partial charge in [-0.05, 0) is 73.2 Å². The Morgan fingerprint density at radius 1 is 0.971 bits per heavy atom. The van der Waals surface area contributed by atoms with E-state index in [0.29, 0.717) is 23.6 Å². The van der Waals surface area contributed by atoms with Crippen LogP contribution in [-0.2, 0) is 22.4 Å². The lowest BCUT2D eigenvalue weighted by molar-refractivity contribution is -0.143. The summed E-state index contributed by atoms with van der Waals surface area (Å²) in [6.45, 7) is 1.95. The second kappa shape index (κ2) is 8.62. The zero-order valence-corrected chi connectivity index (χ0v) is 18.6. The Morgan fingerprint density at radius 2 is 1.74 bits per heavy atom. The summed E-state index contributed by atoms with van der Waals surface area (Å²) >= 11 is 0. The van der Waals surface area contributed by atoms with Crippen LogP contribution >= 0.6 is 0 Å². The van der Waals surface area contributed by atoms with Crippen LogP contribution in [0.25, 0.3) is 0 Å². The SMILES string of the molecule is Cc1ccccc1N1C(=O)NC(=O)[C@@](CCc2ccncc2)(Cc2ccc3c(c2)OCO3)C1=O.